The van der Waals surface area contributed by atoms with Crippen molar-refractivity contribution in [2.75, 3.05) is 30.9 Å². The number of hydrogen-bond donors (Lipinski definition) is 1. The lowest BCUT2D eigenvalue weighted by Gasteiger charge is -2.19. The molecular weight excluding hydrogens is 186 g/mol. The smallest absolute Gasteiger partial charge is 0.0570 e. The van der Waals surface area contributed by atoms with E-state index in [1.165, 1.54) is 24.9 Å². The van der Waals surface area contributed by atoms with Crippen molar-refractivity contribution in [2.45, 2.75) is 26.2 Å². The molecule has 1 aromatic heterocycles. The van der Waals surface area contributed by atoms with E-state index in [-0.39, 0.29) is 0 Å². The van der Waals surface area contributed by atoms with E-state index in [0.717, 1.165) is 12.2 Å². The number of pyridine rings is 1. The Morgan fingerprint density at radius 1 is 1.33 bits per heavy atom. The molecule has 0 amide bonds. The highest BCUT2D eigenvalue weighted by Crippen LogP contribution is 2.16. The van der Waals surface area contributed by atoms with Crippen molar-refractivity contribution in [3.05, 3.63) is 18.5 Å². The molecule has 0 aliphatic carbocycles. The van der Waals surface area contributed by atoms with Crippen LogP contribution < -0.4 is 10.2 Å². The third-order valence-electron chi connectivity index (χ3n) is 2.55. The Morgan fingerprint density at radius 3 is 2.80 bits per heavy atom. The van der Waals surface area contributed by atoms with Crippen molar-refractivity contribution >= 4 is 11.4 Å². The van der Waals surface area contributed by atoms with Gasteiger partial charge in [-0.3, -0.25) is 4.98 Å². The summed E-state index contributed by atoms with van der Waals surface area (Å²) in [4.78, 5) is 6.45. The zero-order valence-electron chi connectivity index (χ0n) is 9.95. The zero-order chi connectivity index (χ0) is 11.1. The second-order valence-electron chi connectivity index (χ2n) is 3.81. The van der Waals surface area contributed by atoms with Crippen LogP contribution in [-0.4, -0.2) is 25.6 Å². The van der Waals surface area contributed by atoms with Gasteiger partial charge in [-0.05, 0) is 12.5 Å². The van der Waals surface area contributed by atoms with Crippen molar-refractivity contribution in [3.8, 4) is 0 Å². The third-order valence-corrected chi connectivity index (χ3v) is 2.55. The molecule has 84 valence electrons. The Hall–Kier alpha value is -1.25. The first-order chi connectivity index (χ1) is 7.27. The number of nitrogens with one attached hydrogen (secondary N) is 1. The van der Waals surface area contributed by atoms with Gasteiger partial charge in [-0.1, -0.05) is 19.8 Å². The van der Waals surface area contributed by atoms with E-state index in [1.807, 2.05) is 19.4 Å². The van der Waals surface area contributed by atoms with Crippen LogP contribution in [0.5, 0.6) is 0 Å². The minimum atomic E-state index is 1.06. The number of nitrogens with zero attached hydrogens (tertiary/aromatic N) is 2. The molecule has 0 saturated carbocycles. The molecule has 0 radical (unpaired) electrons. The molecule has 0 fully saturated rings. The quantitative estimate of drug-likeness (QED) is 0.727. The van der Waals surface area contributed by atoms with Crippen LogP contribution in [0.1, 0.15) is 26.2 Å². The van der Waals surface area contributed by atoms with E-state index < -0.39 is 0 Å². The van der Waals surface area contributed by atoms with Gasteiger partial charge in [0.1, 0.15) is 0 Å². The average Bonchev–Trinajstić information content (AvgIpc) is 2.29. The third kappa shape index (κ3) is 3.78. The van der Waals surface area contributed by atoms with Gasteiger partial charge in [-0.25, -0.2) is 0 Å². The monoisotopic (exact) mass is 207 g/mol. The van der Waals surface area contributed by atoms with Crippen molar-refractivity contribution in [2.24, 2.45) is 0 Å². The molecule has 3 nitrogen and oxygen atoms in total. The van der Waals surface area contributed by atoms with Gasteiger partial charge in [0, 0.05) is 20.6 Å². The summed E-state index contributed by atoms with van der Waals surface area (Å²) >= 11 is 0. The van der Waals surface area contributed by atoms with Crippen molar-refractivity contribution in [3.63, 3.8) is 0 Å². The predicted octanol–water partition coefficient (Wildman–Crippen LogP) is 2.75. The summed E-state index contributed by atoms with van der Waals surface area (Å²) in [6.45, 7) is 3.33. The molecular formula is C12H21N3. The maximum Gasteiger partial charge on any atom is 0.0570 e. The van der Waals surface area contributed by atoms with E-state index in [2.05, 4.69) is 35.2 Å². The minimum Gasteiger partial charge on any atom is -0.387 e. The van der Waals surface area contributed by atoms with Gasteiger partial charge >= 0.3 is 0 Å². The number of aromatic nitrogens is 1. The molecule has 0 unspecified atom stereocenters. The topological polar surface area (TPSA) is 28.2 Å². The lowest BCUT2D eigenvalue weighted by atomic mass is 10.2. The van der Waals surface area contributed by atoms with Crippen LogP contribution in [0.4, 0.5) is 11.4 Å². The maximum atomic E-state index is 4.20. The van der Waals surface area contributed by atoms with Crippen LogP contribution in [0.25, 0.3) is 0 Å². The highest BCUT2D eigenvalue weighted by atomic mass is 15.1. The first kappa shape index (κ1) is 11.8. The molecule has 15 heavy (non-hydrogen) atoms. The molecule has 1 aromatic rings. The molecule has 1 rings (SSSR count). The lowest BCUT2D eigenvalue weighted by molar-refractivity contribution is 0.705. The molecule has 0 aromatic carbocycles. The fourth-order valence-electron chi connectivity index (χ4n) is 1.50. The number of hydrogen-bond acceptors (Lipinski definition) is 3. The molecule has 0 atom stereocenters. The molecule has 0 spiro atoms. The predicted molar refractivity (Wildman–Crippen MR) is 66.6 cm³/mol. The first-order valence-corrected chi connectivity index (χ1v) is 5.62. The van der Waals surface area contributed by atoms with Crippen LogP contribution >= 0.6 is 0 Å². The van der Waals surface area contributed by atoms with Crippen LogP contribution in [0.3, 0.4) is 0 Å². The van der Waals surface area contributed by atoms with Gasteiger partial charge in [-0.2, -0.15) is 0 Å². The Morgan fingerprint density at radius 2 is 2.13 bits per heavy atom. The molecule has 0 aliphatic rings. The van der Waals surface area contributed by atoms with Crippen molar-refractivity contribution in [1.29, 1.82) is 0 Å². The summed E-state index contributed by atoms with van der Waals surface area (Å²) < 4.78 is 0. The second kappa shape index (κ2) is 6.27. The van der Waals surface area contributed by atoms with Crippen LogP contribution in [-0.2, 0) is 0 Å². The van der Waals surface area contributed by atoms with Gasteiger partial charge in [0.15, 0.2) is 0 Å². The van der Waals surface area contributed by atoms with E-state index >= 15 is 0 Å². The Kier molecular flexibility index (Phi) is 4.95. The van der Waals surface area contributed by atoms with E-state index in [0.29, 0.717) is 0 Å². The molecule has 0 aliphatic heterocycles. The zero-order valence-corrected chi connectivity index (χ0v) is 9.95. The standard InChI is InChI=1S/C12H21N3/c1-4-5-6-7-15(3)12-8-11(13-2)9-14-10-12/h8-10,13H,4-7H2,1-3H3. The van der Waals surface area contributed by atoms with Gasteiger partial charge in [0.05, 0.1) is 23.8 Å². The van der Waals surface area contributed by atoms with Crippen LogP contribution in [0, 0.1) is 0 Å². The Bertz CT molecular complexity index is 286. The average molecular weight is 207 g/mol. The van der Waals surface area contributed by atoms with Crippen molar-refractivity contribution < 1.29 is 0 Å². The summed E-state index contributed by atoms with van der Waals surface area (Å²) in [5, 5.41) is 3.10. The summed E-state index contributed by atoms with van der Waals surface area (Å²) in [6.07, 6.45) is 7.55. The Labute approximate surface area is 92.5 Å². The summed E-state index contributed by atoms with van der Waals surface area (Å²) in [7, 11) is 4.03. The summed E-state index contributed by atoms with van der Waals surface area (Å²) in [5.74, 6) is 0. The van der Waals surface area contributed by atoms with Gasteiger partial charge in [0.25, 0.3) is 0 Å². The first-order valence-electron chi connectivity index (χ1n) is 5.62. The van der Waals surface area contributed by atoms with Gasteiger partial charge < -0.3 is 10.2 Å². The largest absolute Gasteiger partial charge is 0.387 e. The number of rotatable bonds is 6. The summed E-state index contributed by atoms with van der Waals surface area (Å²) in [5.41, 5.74) is 2.24. The van der Waals surface area contributed by atoms with Crippen molar-refractivity contribution in [1.82, 2.24) is 4.98 Å². The fraction of sp³-hybridized carbons (Fsp3) is 0.583. The normalized spacial score (nSPS) is 10.1. The van der Waals surface area contributed by atoms with E-state index in [1.54, 1.807) is 0 Å². The summed E-state index contributed by atoms with van der Waals surface area (Å²) in [6, 6.07) is 2.12. The molecule has 3 heteroatoms. The number of anilines is 2. The number of unbranched alkanes of at least 4 members (excludes halogenated alkanes) is 2. The van der Waals surface area contributed by atoms with Crippen LogP contribution in [0.2, 0.25) is 0 Å². The lowest BCUT2D eigenvalue weighted by Crippen LogP contribution is -2.18. The highest BCUT2D eigenvalue weighted by Gasteiger charge is 2.01. The SMILES string of the molecule is CCCCCN(C)c1cncc(NC)c1. The van der Waals surface area contributed by atoms with Crippen LogP contribution in [0.15, 0.2) is 18.5 Å². The minimum absolute atomic E-state index is 1.06. The molecule has 0 bridgehead atoms. The molecule has 1 heterocycles. The maximum absolute atomic E-state index is 4.20. The fourth-order valence-corrected chi connectivity index (χ4v) is 1.50. The second-order valence-corrected chi connectivity index (χ2v) is 3.81. The highest BCUT2D eigenvalue weighted by molar-refractivity contribution is 5.54. The van der Waals surface area contributed by atoms with E-state index in [9.17, 15) is 0 Å². The van der Waals surface area contributed by atoms with Gasteiger partial charge in [0.2, 0.25) is 0 Å². The molecule has 1 N–H and O–H groups in total. The Balaban J connectivity index is 2.52. The molecule has 0 saturated heterocycles. The van der Waals surface area contributed by atoms with Gasteiger partial charge in [-0.15, -0.1) is 0 Å². The van der Waals surface area contributed by atoms with E-state index in [4.69, 9.17) is 0 Å².